The minimum absolute atomic E-state index is 0.0634. The smallest absolute Gasteiger partial charge is 0.325 e. The molecule has 2 aromatic heterocycles. The second-order valence-electron chi connectivity index (χ2n) is 9.97. The van der Waals surface area contributed by atoms with Crippen LogP contribution in [0.3, 0.4) is 0 Å². The zero-order valence-electron chi connectivity index (χ0n) is 22.7. The number of aromatic nitrogens is 1. The summed E-state index contributed by atoms with van der Waals surface area (Å²) in [6.45, 7) is 0.170. The molecule has 2 saturated heterocycles. The number of sulfonamides is 1. The predicted octanol–water partition coefficient (Wildman–Crippen LogP) is 1.18. The monoisotopic (exact) mass is 625 g/mol. The van der Waals surface area contributed by atoms with Gasteiger partial charge in [0.1, 0.15) is 34.3 Å². The normalized spacial score (nSPS) is 19.6. The van der Waals surface area contributed by atoms with Gasteiger partial charge < -0.3 is 15.4 Å². The summed E-state index contributed by atoms with van der Waals surface area (Å²) in [6.07, 6.45) is 2.47. The molecule has 2 fully saturated rings. The number of carbonyl (C=O) groups is 4. The number of thiophene rings is 1. The van der Waals surface area contributed by atoms with Crippen molar-refractivity contribution in [3.05, 3.63) is 65.9 Å². The van der Waals surface area contributed by atoms with E-state index in [1.165, 1.54) is 17.3 Å². The third kappa shape index (κ3) is 6.62. The van der Waals surface area contributed by atoms with Gasteiger partial charge in [0.05, 0.1) is 4.88 Å². The standard InChI is InChI=1S/C27H27N7O7S2/c28-29-16-22(35)20(15-17-5-2-1-3-6-17)30-26(37)21-7-4-13-33-24(36)10-8-19(27(38)34(21)33)32-43(39,40)25-11-9-23(42-25)18-12-14-41-31-18/h1-3,5-6,9,11-12,14,16,19-21,32H,4,7-8,10,13,15H2,(H,30,37)/t19?,20-,21-/m0/s1. The summed E-state index contributed by atoms with van der Waals surface area (Å²) >= 11 is 0.936. The molecule has 16 heteroatoms. The number of benzene rings is 1. The van der Waals surface area contributed by atoms with E-state index in [4.69, 9.17) is 10.1 Å². The highest BCUT2D eigenvalue weighted by atomic mass is 32.2. The van der Waals surface area contributed by atoms with Gasteiger partial charge in [-0.15, -0.1) is 11.3 Å². The van der Waals surface area contributed by atoms with Crippen molar-refractivity contribution in [1.82, 2.24) is 25.2 Å². The Morgan fingerprint density at radius 1 is 1.16 bits per heavy atom. The zero-order valence-corrected chi connectivity index (χ0v) is 24.3. The molecule has 4 heterocycles. The van der Waals surface area contributed by atoms with Crippen LogP contribution in [0.15, 0.2) is 63.5 Å². The Morgan fingerprint density at radius 2 is 1.95 bits per heavy atom. The van der Waals surface area contributed by atoms with Gasteiger partial charge in [-0.2, -0.15) is 9.51 Å². The summed E-state index contributed by atoms with van der Waals surface area (Å²) in [6, 6.07) is 9.77. The predicted molar refractivity (Wildman–Crippen MR) is 152 cm³/mol. The number of fused-ring (bicyclic) bond motifs is 1. The second kappa shape index (κ2) is 12.8. The Labute approximate surface area is 250 Å². The van der Waals surface area contributed by atoms with Gasteiger partial charge in [-0.3, -0.25) is 24.2 Å². The fraction of sp³-hybridized carbons (Fsp3) is 0.333. The lowest BCUT2D eigenvalue weighted by atomic mass is 10.0. The largest absolute Gasteiger partial charge is 0.364 e. The molecular weight excluding hydrogens is 598 g/mol. The molecule has 0 saturated carbocycles. The fourth-order valence-electron chi connectivity index (χ4n) is 5.06. The van der Waals surface area contributed by atoms with Crippen molar-refractivity contribution in [1.29, 1.82) is 0 Å². The first-order chi connectivity index (χ1) is 20.7. The van der Waals surface area contributed by atoms with Crippen molar-refractivity contribution in [3.63, 3.8) is 0 Å². The number of nitrogens with one attached hydrogen (secondary N) is 2. The molecule has 0 bridgehead atoms. The topological polar surface area (TPSA) is 195 Å². The molecule has 1 aromatic carbocycles. The molecular formula is C27H27N7O7S2. The average Bonchev–Trinajstić information content (AvgIpc) is 3.70. The SMILES string of the molecule is [N-]=[N+]=CC(=O)[C@H](Cc1ccccc1)NC(=O)[C@@H]1CCCN2C(=O)CCC(NS(=O)(=O)c3ccc(-c4ccon4)s3)C(=O)N12. The highest BCUT2D eigenvalue weighted by molar-refractivity contribution is 7.91. The lowest BCUT2D eigenvalue weighted by Crippen LogP contribution is -2.64. The molecule has 0 spiro atoms. The summed E-state index contributed by atoms with van der Waals surface area (Å²) in [5.74, 6) is -2.56. The van der Waals surface area contributed by atoms with Crippen LogP contribution in [0.2, 0.25) is 0 Å². The molecule has 1 unspecified atom stereocenters. The summed E-state index contributed by atoms with van der Waals surface area (Å²) in [5.41, 5.74) is 10.1. The van der Waals surface area contributed by atoms with Crippen molar-refractivity contribution < 1.29 is 36.9 Å². The van der Waals surface area contributed by atoms with Gasteiger partial charge >= 0.3 is 6.21 Å². The van der Waals surface area contributed by atoms with E-state index in [0.717, 1.165) is 21.9 Å². The number of hydrazine groups is 1. The molecule has 2 N–H and O–H groups in total. The fourth-order valence-corrected chi connectivity index (χ4v) is 7.56. The molecule has 3 atom stereocenters. The highest BCUT2D eigenvalue weighted by Crippen LogP contribution is 2.31. The molecule has 3 amide bonds. The van der Waals surface area contributed by atoms with Crippen molar-refractivity contribution in [2.45, 2.75) is 54.4 Å². The quantitative estimate of drug-likeness (QED) is 0.190. The van der Waals surface area contributed by atoms with E-state index in [1.807, 2.05) is 0 Å². The number of ketones is 1. The number of amides is 3. The average molecular weight is 626 g/mol. The first kappa shape index (κ1) is 30.0. The lowest BCUT2D eigenvalue weighted by Gasteiger charge is -2.43. The minimum Gasteiger partial charge on any atom is -0.364 e. The molecule has 224 valence electrons. The van der Waals surface area contributed by atoms with E-state index in [-0.39, 0.29) is 36.4 Å². The summed E-state index contributed by atoms with van der Waals surface area (Å²) < 4.78 is 33.8. The Bertz CT molecular complexity index is 1670. The van der Waals surface area contributed by atoms with Crippen LogP contribution in [0.4, 0.5) is 0 Å². The first-order valence-electron chi connectivity index (χ1n) is 13.4. The van der Waals surface area contributed by atoms with Crippen LogP contribution in [-0.4, -0.2) is 82.8 Å². The third-order valence-electron chi connectivity index (χ3n) is 7.13. The molecule has 14 nitrogen and oxygen atoms in total. The maximum Gasteiger partial charge on any atom is 0.325 e. The van der Waals surface area contributed by atoms with Crippen molar-refractivity contribution in [2.75, 3.05) is 6.54 Å². The van der Waals surface area contributed by atoms with Gasteiger partial charge in [-0.05, 0) is 37.0 Å². The number of carbonyl (C=O) groups excluding carboxylic acids is 4. The van der Waals surface area contributed by atoms with Gasteiger partial charge in [-0.1, -0.05) is 35.5 Å². The van der Waals surface area contributed by atoms with E-state index in [9.17, 15) is 27.6 Å². The van der Waals surface area contributed by atoms with Crippen LogP contribution in [-0.2, 0) is 35.6 Å². The van der Waals surface area contributed by atoms with Crippen LogP contribution >= 0.6 is 11.3 Å². The maximum absolute atomic E-state index is 13.8. The van der Waals surface area contributed by atoms with E-state index >= 15 is 0 Å². The van der Waals surface area contributed by atoms with Crippen LogP contribution < -0.4 is 10.0 Å². The van der Waals surface area contributed by atoms with Gasteiger partial charge in [-0.25, -0.2) is 13.4 Å². The summed E-state index contributed by atoms with van der Waals surface area (Å²) in [4.78, 5) is 56.5. The highest BCUT2D eigenvalue weighted by Gasteiger charge is 2.45. The lowest BCUT2D eigenvalue weighted by molar-refractivity contribution is -0.176. The van der Waals surface area contributed by atoms with E-state index in [2.05, 4.69) is 20.0 Å². The molecule has 0 radical (unpaired) electrons. The van der Waals surface area contributed by atoms with Gasteiger partial charge in [0, 0.05) is 25.5 Å². The van der Waals surface area contributed by atoms with Crippen LogP contribution in [0.25, 0.3) is 16.1 Å². The van der Waals surface area contributed by atoms with E-state index < -0.39 is 51.7 Å². The Kier molecular flexibility index (Phi) is 8.92. The van der Waals surface area contributed by atoms with Crippen molar-refractivity contribution >= 4 is 51.1 Å². The van der Waals surface area contributed by atoms with Crippen LogP contribution in [0.5, 0.6) is 0 Å². The van der Waals surface area contributed by atoms with Crippen LogP contribution in [0, 0.1) is 0 Å². The molecule has 2 aliphatic heterocycles. The third-order valence-corrected chi connectivity index (χ3v) is 10.2. The van der Waals surface area contributed by atoms with Crippen LogP contribution in [0.1, 0.15) is 31.2 Å². The summed E-state index contributed by atoms with van der Waals surface area (Å²) in [5, 5.41) is 8.64. The Hall–Kier alpha value is -4.50. The zero-order chi connectivity index (χ0) is 30.6. The number of rotatable bonds is 10. The maximum atomic E-state index is 13.8. The number of hydrogen-bond acceptors (Lipinski definition) is 9. The number of Topliss-reactive ketones (excluding diaryl/α,β-unsaturated/α-hetero) is 1. The molecule has 43 heavy (non-hydrogen) atoms. The van der Waals surface area contributed by atoms with E-state index in [1.54, 1.807) is 42.5 Å². The number of nitrogens with zero attached hydrogens (tertiary/aromatic N) is 5. The summed E-state index contributed by atoms with van der Waals surface area (Å²) in [7, 11) is -4.19. The molecule has 5 rings (SSSR count). The molecule has 2 aliphatic rings. The van der Waals surface area contributed by atoms with Gasteiger partial charge in [0.2, 0.25) is 11.8 Å². The number of hydrogen-bond donors (Lipinski definition) is 2. The van der Waals surface area contributed by atoms with E-state index in [0.29, 0.717) is 23.2 Å². The second-order valence-corrected chi connectivity index (χ2v) is 13.0. The minimum atomic E-state index is -4.19. The Balaban J connectivity index is 1.37. The molecule has 3 aromatic rings. The van der Waals surface area contributed by atoms with Gasteiger partial charge in [0.15, 0.2) is 0 Å². The first-order valence-corrected chi connectivity index (χ1v) is 15.7. The molecule has 0 aliphatic carbocycles. The van der Waals surface area contributed by atoms with Gasteiger partial charge in [0.25, 0.3) is 21.7 Å². The Morgan fingerprint density at radius 3 is 2.67 bits per heavy atom. The van der Waals surface area contributed by atoms with Crippen molar-refractivity contribution in [2.24, 2.45) is 0 Å². The van der Waals surface area contributed by atoms with Crippen molar-refractivity contribution in [3.8, 4) is 10.6 Å².